The summed E-state index contributed by atoms with van der Waals surface area (Å²) in [5.74, 6) is -1.69. The van der Waals surface area contributed by atoms with Gasteiger partial charge < -0.3 is 5.32 Å². The lowest BCUT2D eigenvalue weighted by Crippen LogP contribution is -2.07. The fourth-order valence-corrected chi connectivity index (χ4v) is 2.50. The minimum absolute atomic E-state index is 0.160. The lowest BCUT2D eigenvalue weighted by Gasteiger charge is -2.17. The molecule has 5 heteroatoms. The third-order valence-electron chi connectivity index (χ3n) is 2.75. The number of halogens is 4. The summed E-state index contributed by atoms with van der Waals surface area (Å²) in [7, 11) is 0. The summed E-state index contributed by atoms with van der Waals surface area (Å²) in [4.78, 5) is 0. The van der Waals surface area contributed by atoms with Gasteiger partial charge in [0, 0.05) is 21.2 Å². The predicted molar refractivity (Wildman–Crippen MR) is 77.5 cm³/mol. The molecule has 1 nitrogen and oxygen atoms in total. The summed E-state index contributed by atoms with van der Waals surface area (Å²) in [6.07, 6.45) is 0. The zero-order valence-electron chi connectivity index (χ0n) is 10.1. The van der Waals surface area contributed by atoms with Crippen molar-refractivity contribution in [2.75, 3.05) is 5.32 Å². The molecular weight excluding hydrogens is 336 g/mol. The Kier molecular flexibility index (Phi) is 4.42. The fraction of sp³-hybridized carbons (Fsp3) is 0.143. The third-order valence-corrected chi connectivity index (χ3v) is 3.64. The molecule has 0 saturated carbocycles. The van der Waals surface area contributed by atoms with Crippen LogP contribution >= 0.6 is 27.5 Å². The molecule has 0 bridgehead atoms. The Hall–Kier alpha value is -1.13. The lowest BCUT2D eigenvalue weighted by molar-refractivity contribution is 0.506. The first-order valence-corrected chi connectivity index (χ1v) is 6.81. The molecule has 0 aliphatic carbocycles. The highest BCUT2D eigenvalue weighted by Gasteiger charge is 2.10. The molecule has 0 fully saturated rings. The Morgan fingerprint density at radius 2 is 1.84 bits per heavy atom. The van der Waals surface area contributed by atoms with E-state index in [2.05, 4.69) is 21.2 Å². The van der Waals surface area contributed by atoms with Gasteiger partial charge in [0.25, 0.3) is 0 Å². The fourth-order valence-electron chi connectivity index (χ4n) is 1.70. The minimum atomic E-state index is -0.846. The van der Waals surface area contributed by atoms with E-state index in [0.717, 1.165) is 16.2 Å². The van der Waals surface area contributed by atoms with Crippen molar-refractivity contribution in [3.05, 3.63) is 63.1 Å². The van der Waals surface area contributed by atoms with Crippen LogP contribution in [0.15, 0.2) is 40.9 Å². The van der Waals surface area contributed by atoms with Gasteiger partial charge in [-0.1, -0.05) is 17.7 Å². The molecule has 0 radical (unpaired) electrons. The van der Waals surface area contributed by atoms with Crippen molar-refractivity contribution in [2.24, 2.45) is 0 Å². The van der Waals surface area contributed by atoms with E-state index in [-0.39, 0.29) is 6.04 Å². The van der Waals surface area contributed by atoms with E-state index < -0.39 is 11.6 Å². The lowest BCUT2D eigenvalue weighted by atomic mass is 10.1. The molecule has 1 atom stereocenters. The Labute approximate surface area is 123 Å². The minimum Gasteiger partial charge on any atom is -0.378 e. The van der Waals surface area contributed by atoms with E-state index in [1.165, 1.54) is 6.07 Å². The van der Waals surface area contributed by atoms with Gasteiger partial charge >= 0.3 is 0 Å². The van der Waals surface area contributed by atoms with Crippen LogP contribution in [0.5, 0.6) is 0 Å². The summed E-state index contributed by atoms with van der Waals surface area (Å²) in [5.41, 5.74) is 1.50. The van der Waals surface area contributed by atoms with Gasteiger partial charge in [-0.3, -0.25) is 0 Å². The first kappa shape index (κ1) is 14.3. The summed E-state index contributed by atoms with van der Waals surface area (Å²) in [6.45, 7) is 1.87. The molecule has 0 spiro atoms. The van der Waals surface area contributed by atoms with Crippen LogP contribution in [0.25, 0.3) is 0 Å². The third kappa shape index (κ3) is 3.45. The van der Waals surface area contributed by atoms with E-state index in [1.807, 2.05) is 13.0 Å². The van der Waals surface area contributed by atoms with Crippen LogP contribution in [-0.4, -0.2) is 0 Å². The van der Waals surface area contributed by atoms with Crippen molar-refractivity contribution in [1.29, 1.82) is 0 Å². The average Bonchev–Trinajstić information content (AvgIpc) is 2.36. The number of hydrogen-bond donors (Lipinski definition) is 1. The van der Waals surface area contributed by atoms with Gasteiger partial charge in [-0.25, -0.2) is 8.78 Å². The van der Waals surface area contributed by atoms with Crippen LogP contribution in [0.4, 0.5) is 14.5 Å². The molecular formula is C14H11BrClF2N. The topological polar surface area (TPSA) is 12.0 Å². The Balaban J connectivity index is 2.20. The van der Waals surface area contributed by atoms with Crippen LogP contribution in [0, 0.1) is 11.6 Å². The SMILES string of the molecule is CC(Nc1ccc(Cl)cc1Br)c1ccc(F)c(F)c1. The molecule has 0 saturated heterocycles. The van der Waals surface area contributed by atoms with Gasteiger partial charge in [0.2, 0.25) is 0 Å². The zero-order chi connectivity index (χ0) is 14.0. The van der Waals surface area contributed by atoms with E-state index in [9.17, 15) is 8.78 Å². The van der Waals surface area contributed by atoms with Crippen molar-refractivity contribution >= 4 is 33.2 Å². The monoisotopic (exact) mass is 345 g/mol. The molecule has 2 aromatic carbocycles. The van der Waals surface area contributed by atoms with Crippen LogP contribution in [-0.2, 0) is 0 Å². The molecule has 2 rings (SSSR count). The van der Waals surface area contributed by atoms with Gasteiger partial charge in [0.05, 0.1) is 0 Å². The summed E-state index contributed by atoms with van der Waals surface area (Å²) < 4.78 is 26.9. The van der Waals surface area contributed by atoms with Gasteiger partial charge in [0.1, 0.15) is 0 Å². The molecule has 0 heterocycles. The summed E-state index contributed by atoms with van der Waals surface area (Å²) >= 11 is 9.25. The second kappa shape index (κ2) is 5.88. The van der Waals surface area contributed by atoms with Gasteiger partial charge in [0.15, 0.2) is 11.6 Å². The van der Waals surface area contributed by atoms with Crippen LogP contribution in [0.2, 0.25) is 5.02 Å². The van der Waals surface area contributed by atoms with E-state index in [1.54, 1.807) is 18.2 Å². The summed E-state index contributed by atoms with van der Waals surface area (Å²) in [6, 6.07) is 9.06. The van der Waals surface area contributed by atoms with Crippen molar-refractivity contribution < 1.29 is 8.78 Å². The first-order chi connectivity index (χ1) is 8.97. The number of anilines is 1. The van der Waals surface area contributed by atoms with Crippen LogP contribution < -0.4 is 5.32 Å². The van der Waals surface area contributed by atoms with Crippen molar-refractivity contribution in [3.8, 4) is 0 Å². The highest BCUT2D eigenvalue weighted by atomic mass is 79.9. The van der Waals surface area contributed by atoms with Crippen molar-refractivity contribution in [1.82, 2.24) is 0 Å². The molecule has 19 heavy (non-hydrogen) atoms. The van der Waals surface area contributed by atoms with Crippen LogP contribution in [0.1, 0.15) is 18.5 Å². The molecule has 1 unspecified atom stereocenters. The largest absolute Gasteiger partial charge is 0.378 e. The molecule has 0 aliphatic rings. The molecule has 1 N–H and O–H groups in total. The standard InChI is InChI=1S/C14H11BrClF2N/c1-8(9-2-4-12(17)13(18)6-9)19-14-5-3-10(16)7-11(14)15/h2-8,19H,1H3. The first-order valence-electron chi connectivity index (χ1n) is 5.64. The molecule has 0 aliphatic heterocycles. The number of hydrogen-bond acceptors (Lipinski definition) is 1. The van der Waals surface area contributed by atoms with Crippen molar-refractivity contribution in [2.45, 2.75) is 13.0 Å². The number of nitrogens with one attached hydrogen (secondary N) is 1. The van der Waals surface area contributed by atoms with E-state index in [0.29, 0.717) is 10.6 Å². The average molecular weight is 347 g/mol. The Morgan fingerprint density at radius 1 is 1.11 bits per heavy atom. The maximum atomic E-state index is 13.2. The second-order valence-corrected chi connectivity index (χ2v) is 5.45. The highest BCUT2D eigenvalue weighted by Crippen LogP contribution is 2.29. The Morgan fingerprint density at radius 3 is 2.47 bits per heavy atom. The van der Waals surface area contributed by atoms with Crippen molar-refractivity contribution in [3.63, 3.8) is 0 Å². The smallest absolute Gasteiger partial charge is 0.159 e. The summed E-state index contributed by atoms with van der Waals surface area (Å²) in [5, 5.41) is 3.83. The van der Waals surface area contributed by atoms with E-state index >= 15 is 0 Å². The quantitative estimate of drug-likeness (QED) is 0.768. The maximum absolute atomic E-state index is 13.2. The predicted octanol–water partition coefficient (Wildman–Crippen LogP) is 5.55. The van der Waals surface area contributed by atoms with Gasteiger partial charge in [-0.15, -0.1) is 0 Å². The molecule has 0 aromatic heterocycles. The number of rotatable bonds is 3. The van der Waals surface area contributed by atoms with Crippen LogP contribution in [0.3, 0.4) is 0 Å². The van der Waals surface area contributed by atoms with Gasteiger partial charge in [-0.2, -0.15) is 0 Å². The van der Waals surface area contributed by atoms with Gasteiger partial charge in [-0.05, 0) is 58.7 Å². The zero-order valence-corrected chi connectivity index (χ0v) is 12.4. The molecule has 0 amide bonds. The van der Waals surface area contributed by atoms with E-state index in [4.69, 9.17) is 11.6 Å². The molecule has 2 aromatic rings. The molecule has 100 valence electrons. The normalized spacial score (nSPS) is 12.3. The Bertz CT molecular complexity index is 604. The highest BCUT2D eigenvalue weighted by molar-refractivity contribution is 9.10. The number of benzene rings is 2. The maximum Gasteiger partial charge on any atom is 0.159 e. The second-order valence-electron chi connectivity index (χ2n) is 4.16.